The Morgan fingerprint density at radius 3 is 2.00 bits per heavy atom. The van der Waals surface area contributed by atoms with Crippen molar-refractivity contribution in [3.05, 3.63) is 17.7 Å². The lowest BCUT2D eigenvalue weighted by Crippen LogP contribution is -2.21. The molecule has 102 valence electrons. The molecule has 0 atom stereocenters. The summed E-state index contributed by atoms with van der Waals surface area (Å²) < 4.78 is 15.8. The average molecular weight is 255 g/mol. The van der Waals surface area contributed by atoms with E-state index in [0.717, 1.165) is 5.56 Å². The van der Waals surface area contributed by atoms with Gasteiger partial charge in [0.15, 0.2) is 11.5 Å². The van der Waals surface area contributed by atoms with E-state index in [1.807, 2.05) is 24.1 Å². The van der Waals surface area contributed by atoms with Crippen LogP contribution in [0.1, 0.15) is 5.56 Å². The summed E-state index contributed by atoms with van der Waals surface area (Å²) in [5.41, 5.74) is 1.04. The van der Waals surface area contributed by atoms with Crippen LogP contribution in [0.3, 0.4) is 0 Å². The first-order valence-corrected chi connectivity index (χ1v) is 5.74. The molecule has 0 saturated heterocycles. The predicted octanol–water partition coefficient (Wildman–Crippen LogP) is 1.14. The van der Waals surface area contributed by atoms with E-state index in [4.69, 9.17) is 19.3 Å². The molecular weight excluding hydrogens is 234 g/mol. The Morgan fingerprint density at radius 1 is 1.06 bits per heavy atom. The van der Waals surface area contributed by atoms with E-state index in [1.54, 1.807) is 21.3 Å². The van der Waals surface area contributed by atoms with E-state index in [2.05, 4.69) is 0 Å². The first-order valence-electron chi connectivity index (χ1n) is 5.74. The third-order valence-corrected chi connectivity index (χ3v) is 2.66. The second-order valence-electron chi connectivity index (χ2n) is 3.99. The van der Waals surface area contributed by atoms with Gasteiger partial charge in [-0.3, -0.25) is 4.90 Å². The highest BCUT2D eigenvalue weighted by molar-refractivity contribution is 5.53. The number of hydrogen-bond donors (Lipinski definition) is 1. The number of ether oxygens (including phenoxy) is 3. The van der Waals surface area contributed by atoms with Crippen molar-refractivity contribution >= 4 is 0 Å². The molecule has 18 heavy (non-hydrogen) atoms. The summed E-state index contributed by atoms with van der Waals surface area (Å²) in [5.74, 6) is 1.88. The molecular formula is C13H21NO4. The number of aliphatic hydroxyl groups is 1. The minimum atomic E-state index is 0.140. The van der Waals surface area contributed by atoms with Crippen molar-refractivity contribution in [1.29, 1.82) is 0 Å². The SMILES string of the molecule is COc1cc(CN(C)CCO)cc(OC)c1OC. The third-order valence-electron chi connectivity index (χ3n) is 2.66. The Bertz CT molecular complexity index is 356. The minimum Gasteiger partial charge on any atom is -0.493 e. The molecule has 0 bridgehead atoms. The summed E-state index contributed by atoms with van der Waals surface area (Å²) in [5, 5.41) is 8.89. The van der Waals surface area contributed by atoms with Crippen LogP contribution in [0.4, 0.5) is 0 Å². The Morgan fingerprint density at radius 2 is 1.61 bits per heavy atom. The van der Waals surface area contributed by atoms with Gasteiger partial charge in [0.25, 0.3) is 0 Å². The van der Waals surface area contributed by atoms with Gasteiger partial charge in [-0.1, -0.05) is 0 Å². The van der Waals surface area contributed by atoms with E-state index in [-0.39, 0.29) is 6.61 Å². The normalized spacial score (nSPS) is 10.6. The van der Waals surface area contributed by atoms with Crippen LogP contribution in [0, 0.1) is 0 Å². The predicted molar refractivity (Wildman–Crippen MR) is 69.5 cm³/mol. The average Bonchev–Trinajstić information content (AvgIpc) is 2.37. The van der Waals surface area contributed by atoms with Crippen molar-refractivity contribution in [2.24, 2.45) is 0 Å². The van der Waals surface area contributed by atoms with Crippen molar-refractivity contribution in [2.75, 3.05) is 41.5 Å². The molecule has 0 aliphatic carbocycles. The molecule has 5 nitrogen and oxygen atoms in total. The number of aliphatic hydroxyl groups excluding tert-OH is 1. The van der Waals surface area contributed by atoms with Crippen molar-refractivity contribution in [3.63, 3.8) is 0 Å². The van der Waals surface area contributed by atoms with Crippen molar-refractivity contribution in [2.45, 2.75) is 6.54 Å². The second-order valence-corrected chi connectivity index (χ2v) is 3.99. The van der Waals surface area contributed by atoms with E-state index in [0.29, 0.717) is 30.3 Å². The van der Waals surface area contributed by atoms with Gasteiger partial charge in [0, 0.05) is 13.1 Å². The number of benzene rings is 1. The van der Waals surface area contributed by atoms with Crippen LogP contribution in [0.25, 0.3) is 0 Å². The highest BCUT2D eigenvalue weighted by atomic mass is 16.5. The smallest absolute Gasteiger partial charge is 0.203 e. The van der Waals surface area contributed by atoms with E-state index < -0.39 is 0 Å². The minimum absolute atomic E-state index is 0.140. The van der Waals surface area contributed by atoms with E-state index >= 15 is 0 Å². The molecule has 0 radical (unpaired) electrons. The summed E-state index contributed by atoms with van der Waals surface area (Å²) >= 11 is 0. The van der Waals surface area contributed by atoms with Crippen LogP contribution in [0.2, 0.25) is 0 Å². The van der Waals surface area contributed by atoms with Crippen LogP contribution < -0.4 is 14.2 Å². The fourth-order valence-electron chi connectivity index (χ4n) is 1.79. The molecule has 0 fully saturated rings. The van der Waals surface area contributed by atoms with Crippen LogP contribution in [-0.2, 0) is 6.54 Å². The molecule has 0 saturated carbocycles. The molecule has 5 heteroatoms. The Kier molecular flexibility index (Phi) is 5.74. The molecule has 0 aromatic heterocycles. The van der Waals surface area contributed by atoms with E-state index in [9.17, 15) is 0 Å². The quantitative estimate of drug-likeness (QED) is 0.791. The van der Waals surface area contributed by atoms with Crippen LogP contribution in [-0.4, -0.2) is 51.5 Å². The van der Waals surface area contributed by atoms with Gasteiger partial charge in [-0.25, -0.2) is 0 Å². The second kappa shape index (κ2) is 7.08. The number of rotatable bonds is 7. The van der Waals surface area contributed by atoms with Gasteiger partial charge in [-0.2, -0.15) is 0 Å². The molecule has 0 aliphatic heterocycles. The van der Waals surface area contributed by atoms with Gasteiger partial charge in [0.1, 0.15) is 0 Å². The molecule has 0 aliphatic rings. The molecule has 0 amide bonds. The number of methoxy groups -OCH3 is 3. The summed E-state index contributed by atoms with van der Waals surface area (Å²) in [4.78, 5) is 2.01. The van der Waals surface area contributed by atoms with Crippen molar-refractivity contribution in [3.8, 4) is 17.2 Å². The van der Waals surface area contributed by atoms with Gasteiger partial charge < -0.3 is 19.3 Å². The highest BCUT2D eigenvalue weighted by Gasteiger charge is 2.13. The maximum Gasteiger partial charge on any atom is 0.203 e. The maximum atomic E-state index is 8.89. The summed E-state index contributed by atoms with van der Waals surface area (Å²) in [6, 6.07) is 3.82. The Hall–Kier alpha value is -1.46. The number of nitrogens with zero attached hydrogens (tertiary/aromatic N) is 1. The van der Waals surface area contributed by atoms with Crippen molar-refractivity contribution < 1.29 is 19.3 Å². The molecule has 0 heterocycles. The molecule has 1 N–H and O–H groups in total. The maximum absolute atomic E-state index is 8.89. The van der Waals surface area contributed by atoms with Gasteiger partial charge in [-0.05, 0) is 24.7 Å². The summed E-state index contributed by atoms with van der Waals surface area (Å²) in [7, 11) is 6.72. The molecule has 0 spiro atoms. The summed E-state index contributed by atoms with van der Waals surface area (Å²) in [6.45, 7) is 1.47. The number of hydrogen-bond acceptors (Lipinski definition) is 5. The molecule has 1 rings (SSSR count). The van der Waals surface area contributed by atoms with Crippen molar-refractivity contribution in [1.82, 2.24) is 4.90 Å². The monoisotopic (exact) mass is 255 g/mol. The number of likely N-dealkylation sites (N-methyl/N-ethyl adjacent to an activating group) is 1. The zero-order valence-electron chi connectivity index (χ0n) is 11.4. The lowest BCUT2D eigenvalue weighted by molar-refractivity contribution is 0.217. The summed E-state index contributed by atoms with van der Waals surface area (Å²) in [6.07, 6.45) is 0. The molecule has 1 aromatic rings. The topological polar surface area (TPSA) is 51.2 Å². The molecule has 0 unspecified atom stereocenters. The lowest BCUT2D eigenvalue weighted by Gasteiger charge is -2.18. The van der Waals surface area contributed by atoms with Gasteiger partial charge in [0.2, 0.25) is 5.75 Å². The lowest BCUT2D eigenvalue weighted by atomic mass is 10.1. The fourth-order valence-corrected chi connectivity index (χ4v) is 1.79. The van der Waals surface area contributed by atoms with Gasteiger partial charge in [0.05, 0.1) is 27.9 Å². The zero-order chi connectivity index (χ0) is 13.5. The first-order chi connectivity index (χ1) is 8.65. The molecule has 1 aromatic carbocycles. The Balaban J connectivity index is 2.99. The third kappa shape index (κ3) is 3.51. The van der Waals surface area contributed by atoms with Crippen LogP contribution >= 0.6 is 0 Å². The van der Waals surface area contributed by atoms with Gasteiger partial charge in [-0.15, -0.1) is 0 Å². The standard InChI is InChI=1S/C13H21NO4/c1-14(5-6-15)9-10-7-11(16-2)13(18-4)12(8-10)17-3/h7-8,15H,5-6,9H2,1-4H3. The fraction of sp³-hybridized carbons (Fsp3) is 0.538. The van der Waals surface area contributed by atoms with Crippen LogP contribution in [0.5, 0.6) is 17.2 Å². The van der Waals surface area contributed by atoms with Crippen LogP contribution in [0.15, 0.2) is 12.1 Å². The Labute approximate surface area is 108 Å². The first kappa shape index (κ1) is 14.6. The largest absolute Gasteiger partial charge is 0.493 e. The van der Waals surface area contributed by atoms with Gasteiger partial charge >= 0.3 is 0 Å². The highest BCUT2D eigenvalue weighted by Crippen LogP contribution is 2.38. The zero-order valence-corrected chi connectivity index (χ0v) is 11.4. The van der Waals surface area contributed by atoms with E-state index in [1.165, 1.54) is 0 Å².